The molecular weight excluding hydrogens is 218 g/mol. The highest BCUT2D eigenvalue weighted by Crippen LogP contribution is 2.08. The van der Waals surface area contributed by atoms with E-state index in [1.807, 2.05) is 37.3 Å². The molecule has 0 radical (unpaired) electrons. The van der Waals surface area contributed by atoms with E-state index in [-0.39, 0.29) is 24.7 Å². The minimum Gasteiger partial charge on any atom is -0.372 e. The molecule has 1 aromatic carbocycles. The van der Waals surface area contributed by atoms with Gasteiger partial charge in [0.1, 0.15) is 6.61 Å². The molecule has 2 atom stereocenters. The number of carbonyl (C=O) groups excluding carboxylic acids is 1. The summed E-state index contributed by atoms with van der Waals surface area (Å²) in [7, 11) is 0. The van der Waals surface area contributed by atoms with E-state index < -0.39 is 0 Å². The zero-order chi connectivity index (χ0) is 12.1. The van der Waals surface area contributed by atoms with Crippen LogP contribution in [0.2, 0.25) is 0 Å². The van der Waals surface area contributed by atoms with Crippen LogP contribution < -0.4 is 5.32 Å². The minimum atomic E-state index is -0.0728. The van der Waals surface area contributed by atoms with Crippen LogP contribution in [-0.4, -0.2) is 31.3 Å². The van der Waals surface area contributed by atoms with Gasteiger partial charge in [0.15, 0.2) is 0 Å². The maximum absolute atomic E-state index is 11.2. The second kappa shape index (κ2) is 5.80. The number of carbonyl (C=O) groups is 1. The van der Waals surface area contributed by atoms with E-state index in [4.69, 9.17) is 9.47 Å². The van der Waals surface area contributed by atoms with E-state index in [9.17, 15) is 4.79 Å². The monoisotopic (exact) mass is 235 g/mol. The third-order valence-corrected chi connectivity index (χ3v) is 2.80. The predicted octanol–water partition coefficient (Wildman–Crippen LogP) is 1.11. The summed E-state index contributed by atoms with van der Waals surface area (Å²) >= 11 is 0. The first-order valence-corrected chi connectivity index (χ1v) is 5.78. The maximum atomic E-state index is 11.2. The summed E-state index contributed by atoms with van der Waals surface area (Å²) in [5, 5.41) is 2.86. The smallest absolute Gasteiger partial charge is 0.246 e. The molecule has 1 N–H and O–H groups in total. The molecule has 1 aliphatic heterocycles. The molecule has 17 heavy (non-hydrogen) atoms. The zero-order valence-corrected chi connectivity index (χ0v) is 9.89. The van der Waals surface area contributed by atoms with Gasteiger partial charge in [-0.3, -0.25) is 4.79 Å². The molecule has 1 aliphatic rings. The highest BCUT2D eigenvalue weighted by molar-refractivity contribution is 5.78. The molecule has 2 rings (SSSR count). The van der Waals surface area contributed by atoms with Gasteiger partial charge in [0.2, 0.25) is 5.91 Å². The SMILES string of the molecule is C[C@@H](OCc1ccccc1)C1COCC(=O)N1. The topological polar surface area (TPSA) is 47.6 Å². The van der Waals surface area contributed by atoms with Gasteiger partial charge in [0.25, 0.3) is 0 Å². The van der Waals surface area contributed by atoms with Crippen molar-refractivity contribution in [3.63, 3.8) is 0 Å². The number of hydrogen-bond donors (Lipinski definition) is 1. The van der Waals surface area contributed by atoms with Gasteiger partial charge in [-0.05, 0) is 12.5 Å². The summed E-state index contributed by atoms with van der Waals surface area (Å²) in [6.07, 6.45) is -0.0561. The maximum Gasteiger partial charge on any atom is 0.246 e. The number of rotatable bonds is 4. The Morgan fingerprint density at radius 2 is 2.24 bits per heavy atom. The van der Waals surface area contributed by atoms with Gasteiger partial charge < -0.3 is 14.8 Å². The lowest BCUT2D eigenvalue weighted by atomic mass is 10.1. The number of amides is 1. The number of hydrogen-bond acceptors (Lipinski definition) is 3. The Morgan fingerprint density at radius 1 is 1.47 bits per heavy atom. The molecule has 0 bridgehead atoms. The van der Waals surface area contributed by atoms with E-state index in [0.29, 0.717) is 13.2 Å². The van der Waals surface area contributed by atoms with E-state index in [0.717, 1.165) is 5.56 Å². The van der Waals surface area contributed by atoms with Crippen molar-refractivity contribution in [3.05, 3.63) is 35.9 Å². The second-order valence-corrected chi connectivity index (χ2v) is 4.19. The van der Waals surface area contributed by atoms with Gasteiger partial charge in [-0.25, -0.2) is 0 Å². The molecule has 1 aromatic rings. The zero-order valence-electron chi connectivity index (χ0n) is 9.89. The van der Waals surface area contributed by atoms with Crippen LogP contribution in [0, 0.1) is 0 Å². The largest absolute Gasteiger partial charge is 0.372 e. The van der Waals surface area contributed by atoms with Crippen molar-refractivity contribution in [1.82, 2.24) is 5.32 Å². The quantitative estimate of drug-likeness (QED) is 0.850. The Labute approximate surface area is 101 Å². The lowest BCUT2D eigenvalue weighted by Gasteiger charge is -2.28. The Hall–Kier alpha value is -1.39. The summed E-state index contributed by atoms with van der Waals surface area (Å²) in [5.41, 5.74) is 1.13. The van der Waals surface area contributed by atoms with E-state index in [1.165, 1.54) is 0 Å². The van der Waals surface area contributed by atoms with Gasteiger partial charge in [-0.1, -0.05) is 30.3 Å². The van der Waals surface area contributed by atoms with Gasteiger partial charge in [0, 0.05) is 0 Å². The first-order chi connectivity index (χ1) is 8.25. The van der Waals surface area contributed by atoms with Gasteiger partial charge in [0.05, 0.1) is 25.4 Å². The molecule has 0 aliphatic carbocycles. The van der Waals surface area contributed by atoms with Gasteiger partial charge in [-0.2, -0.15) is 0 Å². The van der Waals surface area contributed by atoms with Crippen molar-refractivity contribution in [3.8, 4) is 0 Å². The van der Waals surface area contributed by atoms with Crippen LogP contribution in [0.4, 0.5) is 0 Å². The van der Waals surface area contributed by atoms with Crippen molar-refractivity contribution < 1.29 is 14.3 Å². The van der Waals surface area contributed by atoms with E-state index in [2.05, 4.69) is 5.32 Å². The number of ether oxygens (including phenoxy) is 2. The summed E-state index contributed by atoms with van der Waals surface area (Å²) < 4.78 is 10.9. The van der Waals surface area contributed by atoms with Crippen LogP contribution in [-0.2, 0) is 20.9 Å². The average molecular weight is 235 g/mol. The third kappa shape index (κ3) is 3.54. The molecule has 1 saturated heterocycles. The Kier molecular flexibility index (Phi) is 4.12. The Bertz CT molecular complexity index is 366. The van der Waals surface area contributed by atoms with Crippen molar-refractivity contribution in [2.75, 3.05) is 13.2 Å². The highest BCUT2D eigenvalue weighted by Gasteiger charge is 2.24. The summed E-state index contributed by atoms with van der Waals surface area (Å²) in [6.45, 7) is 3.17. The van der Waals surface area contributed by atoms with Crippen LogP contribution in [0.1, 0.15) is 12.5 Å². The van der Waals surface area contributed by atoms with Crippen LogP contribution in [0.3, 0.4) is 0 Å². The number of benzene rings is 1. The predicted molar refractivity (Wildman–Crippen MR) is 63.4 cm³/mol. The minimum absolute atomic E-state index is 0.0556. The van der Waals surface area contributed by atoms with Crippen LogP contribution in [0.5, 0.6) is 0 Å². The number of morpholine rings is 1. The first-order valence-electron chi connectivity index (χ1n) is 5.78. The molecule has 4 heteroatoms. The summed E-state index contributed by atoms with van der Waals surface area (Å²) in [5.74, 6) is -0.0728. The molecule has 0 aromatic heterocycles. The molecule has 1 amide bonds. The molecule has 1 fully saturated rings. The summed E-state index contributed by atoms with van der Waals surface area (Å²) in [6, 6.07) is 9.91. The van der Waals surface area contributed by atoms with Crippen LogP contribution in [0.15, 0.2) is 30.3 Å². The number of nitrogens with one attached hydrogen (secondary N) is 1. The highest BCUT2D eigenvalue weighted by atomic mass is 16.5. The van der Waals surface area contributed by atoms with Gasteiger partial charge in [-0.15, -0.1) is 0 Å². The first kappa shape index (κ1) is 12.1. The van der Waals surface area contributed by atoms with E-state index in [1.54, 1.807) is 0 Å². The molecule has 92 valence electrons. The van der Waals surface area contributed by atoms with Crippen molar-refractivity contribution in [1.29, 1.82) is 0 Å². The van der Waals surface area contributed by atoms with Crippen molar-refractivity contribution in [2.45, 2.75) is 25.7 Å². The average Bonchev–Trinajstić information content (AvgIpc) is 2.37. The lowest BCUT2D eigenvalue weighted by molar-refractivity contribution is -0.134. The Morgan fingerprint density at radius 3 is 2.94 bits per heavy atom. The molecule has 1 unspecified atom stereocenters. The standard InChI is InChI=1S/C13H17NO3/c1-10(12-8-16-9-13(15)14-12)17-7-11-5-3-2-4-6-11/h2-6,10,12H,7-9H2,1H3,(H,14,15)/t10-,12?/m1/s1. The molecule has 4 nitrogen and oxygen atoms in total. The van der Waals surface area contributed by atoms with Crippen LogP contribution in [0.25, 0.3) is 0 Å². The summed E-state index contributed by atoms with van der Waals surface area (Å²) in [4.78, 5) is 11.2. The third-order valence-electron chi connectivity index (χ3n) is 2.80. The molecule has 0 saturated carbocycles. The normalized spacial score (nSPS) is 21.9. The van der Waals surface area contributed by atoms with Crippen LogP contribution >= 0.6 is 0 Å². The van der Waals surface area contributed by atoms with Gasteiger partial charge >= 0.3 is 0 Å². The van der Waals surface area contributed by atoms with Crippen molar-refractivity contribution in [2.24, 2.45) is 0 Å². The van der Waals surface area contributed by atoms with Crippen molar-refractivity contribution >= 4 is 5.91 Å². The fourth-order valence-electron chi connectivity index (χ4n) is 1.74. The molecular formula is C13H17NO3. The molecule has 0 spiro atoms. The lowest BCUT2D eigenvalue weighted by Crippen LogP contribution is -2.51. The Balaban J connectivity index is 1.80. The fourth-order valence-corrected chi connectivity index (χ4v) is 1.74. The fraction of sp³-hybridized carbons (Fsp3) is 0.462. The second-order valence-electron chi connectivity index (χ2n) is 4.19. The molecule has 1 heterocycles. The van der Waals surface area contributed by atoms with E-state index >= 15 is 0 Å².